The molecule has 0 amide bonds. The number of non-ortho nitro benzene ring substituents is 1. The number of anilines is 1. The molecule has 0 radical (unpaired) electrons. The van der Waals surface area contributed by atoms with Gasteiger partial charge in [-0.1, -0.05) is 37.1 Å². The van der Waals surface area contributed by atoms with Crippen LogP contribution in [-0.2, 0) is 10.0 Å². The summed E-state index contributed by atoms with van der Waals surface area (Å²) in [6, 6.07) is 13.0. The van der Waals surface area contributed by atoms with Crippen LogP contribution in [0.4, 0.5) is 10.8 Å². The number of nitro groups is 1. The molecule has 11 heteroatoms. The van der Waals surface area contributed by atoms with E-state index >= 15 is 0 Å². The highest BCUT2D eigenvalue weighted by atomic mass is 32.2. The second-order valence-electron chi connectivity index (χ2n) is 7.61. The summed E-state index contributed by atoms with van der Waals surface area (Å²) in [5.41, 5.74) is 4.74. The molecule has 1 aliphatic rings. The predicted molar refractivity (Wildman–Crippen MR) is 129 cm³/mol. The molecule has 0 unspecified atom stereocenters. The van der Waals surface area contributed by atoms with Crippen LogP contribution < -0.4 is 5.43 Å². The number of aromatic nitrogens is 1. The number of hydrogen-bond donors (Lipinski definition) is 1. The third-order valence-electron chi connectivity index (χ3n) is 5.29. The molecule has 2 aromatic carbocycles. The Morgan fingerprint density at radius 3 is 2.61 bits per heavy atom. The lowest BCUT2D eigenvalue weighted by Crippen LogP contribution is -2.31. The van der Waals surface area contributed by atoms with Crippen LogP contribution in [0.2, 0.25) is 0 Å². The van der Waals surface area contributed by atoms with Gasteiger partial charge in [0.2, 0.25) is 15.2 Å². The van der Waals surface area contributed by atoms with Crippen molar-refractivity contribution in [2.75, 3.05) is 18.5 Å². The number of hydrogen-bond acceptors (Lipinski definition) is 8. The average Bonchev–Trinajstić information content (AvgIpc) is 3.11. The lowest BCUT2D eigenvalue weighted by Gasteiger charge is -2.20. The molecule has 2 heterocycles. The molecule has 9 nitrogen and oxygen atoms in total. The first-order valence-corrected chi connectivity index (χ1v) is 12.8. The molecule has 1 aliphatic heterocycles. The summed E-state index contributed by atoms with van der Waals surface area (Å²) in [4.78, 5) is 15.2. The Balaban J connectivity index is 1.47. The summed E-state index contributed by atoms with van der Waals surface area (Å²) in [7, 11) is -3.54. The largest absolute Gasteiger partial charge is 0.270 e. The molecule has 172 valence electrons. The van der Waals surface area contributed by atoms with Crippen LogP contribution in [0, 0.1) is 10.1 Å². The number of sulfonamides is 1. The smallest absolute Gasteiger partial charge is 0.258 e. The molecule has 0 spiro atoms. The molecule has 1 aromatic heterocycles. The second-order valence-corrected chi connectivity index (χ2v) is 10.4. The zero-order valence-corrected chi connectivity index (χ0v) is 19.4. The molecule has 1 fully saturated rings. The van der Waals surface area contributed by atoms with Gasteiger partial charge >= 0.3 is 0 Å². The predicted octanol–water partition coefficient (Wildman–Crippen LogP) is 4.73. The van der Waals surface area contributed by atoms with E-state index in [4.69, 9.17) is 0 Å². The molecule has 1 N–H and O–H groups in total. The Morgan fingerprint density at radius 2 is 1.85 bits per heavy atom. The maximum atomic E-state index is 13.1. The SMILES string of the molecule is O=[N+]([O-])c1cccc(C=NNc2nc(-c3cccc(S(=O)(=O)N4CCCCCC4)c3)cs2)c1. The number of benzene rings is 2. The van der Waals surface area contributed by atoms with E-state index in [0.29, 0.717) is 35.0 Å². The lowest BCUT2D eigenvalue weighted by molar-refractivity contribution is -0.384. The minimum atomic E-state index is -3.54. The standard InChI is InChI=1S/C22H23N5O4S2/c28-27(29)19-9-5-7-17(13-19)15-23-25-22-24-21(16-32-22)18-8-6-10-20(14-18)33(30,31)26-11-3-1-2-4-12-26/h5-10,13-16H,1-4,11-12H2,(H,24,25). The van der Waals surface area contributed by atoms with Gasteiger partial charge in [0.15, 0.2) is 0 Å². The van der Waals surface area contributed by atoms with Crippen LogP contribution in [0.15, 0.2) is 63.9 Å². The zero-order chi connectivity index (χ0) is 23.3. The van der Waals surface area contributed by atoms with Crippen molar-refractivity contribution in [3.8, 4) is 11.3 Å². The molecular weight excluding hydrogens is 462 g/mol. The molecule has 0 atom stereocenters. The van der Waals surface area contributed by atoms with Crippen molar-refractivity contribution >= 4 is 38.4 Å². The fraction of sp³-hybridized carbons (Fsp3) is 0.273. The van der Waals surface area contributed by atoms with Gasteiger partial charge in [-0.05, 0) is 25.0 Å². The number of rotatable bonds is 7. The van der Waals surface area contributed by atoms with Gasteiger partial charge in [-0.3, -0.25) is 15.5 Å². The van der Waals surface area contributed by atoms with Crippen molar-refractivity contribution in [3.05, 3.63) is 69.6 Å². The van der Waals surface area contributed by atoms with Crippen molar-refractivity contribution in [2.24, 2.45) is 5.10 Å². The Kier molecular flexibility index (Phi) is 7.11. The highest BCUT2D eigenvalue weighted by Gasteiger charge is 2.25. The first kappa shape index (κ1) is 23.0. The van der Waals surface area contributed by atoms with Gasteiger partial charge in [0, 0.05) is 41.7 Å². The summed E-state index contributed by atoms with van der Waals surface area (Å²) in [5, 5.41) is 17.3. The fourth-order valence-electron chi connectivity index (χ4n) is 3.59. The van der Waals surface area contributed by atoms with E-state index in [-0.39, 0.29) is 10.6 Å². The fourth-order valence-corrected chi connectivity index (χ4v) is 5.82. The topological polar surface area (TPSA) is 118 Å². The van der Waals surface area contributed by atoms with Crippen molar-refractivity contribution < 1.29 is 13.3 Å². The van der Waals surface area contributed by atoms with Crippen LogP contribution in [0.3, 0.4) is 0 Å². The monoisotopic (exact) mass is 485 g/mol. The van der Waals surface area contributed by atoms with Gasteiger partial charge in [0.25, 0.3) is 5.69 Å². The number of nitrogens with one attached hydrogen (secondary N) is 1. The summed E-state index contributed by atoms with van der Waals surface area (Å²) >= 11 is 1.33. The Bertz CT molecular complexity index is 1270. The van der Waals surface area contributed by atoms with E-state index in [2.05, 4.69) is 15.5 Å². The summed E-state index contributed by atoms with van der Waals surface area (Å²) in [5.74, 6) is 0. The molecular formula is C22H23N5O4S2. The van der Waals surface area contributed by atoms with Gasteiger partial charge in [-0.25, -0.2) is 13.4 Å². The second kappa shape index (κ2) is 10.2. The lowest BCUT2D eigenvalue weighted by atomic mass is 10.2. The highest BCUT2D eigenvalue weighted by Crippen LogP contribution is 2.28. The maximum Gasteiger partial charge on any atom is 0.270 e. The first-order chi connectivity index (χ1) is 15.9. The van der Waals surface area contributed by atoms with Gasteiger partial charge in [-0.2, -0.15) is 9.41 Å². The van der Waals surface area contributed by atoms with Crippen molar-refractivity contribution in [2.45, 2.75) is 30.6 Å². The van der Waals surface area contributed by atoms with E-state index in [1.165, 1.54) is 29.7 Å². The van der Waals surface area contributed by atoms with Gasteiger partial charge in [0.1, 0.15) is 0 Å². The van der Waals surface area contributed by atoms with Crippen LogP contribution in [0.25, 0.3) is 11.3 Å². The van der Waals surface area contributed by atoms with Crippen LogP contribution in [-0.4, -0.2) is 41.9 Å². The molecule has 33 heavy (non-hydrogen) atoms. The van der Waals surface area contributed by atoms with Crippen molar-refractivity contribution in [3.63, 3.8) is 0 Å². The van der Waals surface area contributed by atoms with Gasteiger partial charge in [0.05, 0.1) is 21.7 Å². The minimum absolute atomic E-state index is 0.00880. The molecule has 0 aliphatic carbocycles. The zero-order valence-electron chi connectivity index (χ0n) is 17.8. The average molecular weight is 486 g/mol. The third-order valence-corrected chi connectivity index (χ3v) is 7.93. The van der Waals surface area contributed by atoms with Crippen molar-refractivity contribution in [1.82, 2.24) is 9.29 Å². The molecule has 0 bridgehead atoms. The summed E-state index contributed by atoms with van der Waals surface area (Å²) in [6.45, 7) is 1.11. The van der Waals surface area contributed by atoms with E-state index in [0.717, 1.165) is 25.7 Å². The Hall–Kier alpha value is -3.15. The molecule has 3 aromatic rings. The van der Waals surface area contributed by atoms with Gasteiger partial charge in [-0.15, -0.1) is 11.3 Å². The van der Waals surface area contributed by atoms with E-state index in [1.54, 1.807) is 34.6 Å². The van der Waals surface area contributed by atoms with E-state index in [9.17, 15) is 18.5 Å². The molecule has 1 saturated heterocycles. The first-order valence-electron chi connectivity index (χ1n) is 10.5. The highest BCUT2D eigenvalue weighted by molar-refractivity contribution is 7.89. The van der Waals surface area contributed by atoms with Crippen molar-refractivity contribution in [1.29, 1.82) is 0 Å². The Labute approximate surface area is 196 Å². The Morgan fingerprint density at radius 1 is 1.09 bits per heavy atom. The number of hydrazone groups is 1. The summed E-state index contributed by atoms with van der Waals surface area (Å²) in [6.07, 6.45) is 5.37. The molecule has 0 saturated carbocycles. The minimum Gasteiger partial charge on any atom is -0.258 e. The quantitative estimate of drug-likeness (QED) is 0.294. The number of nitro benzene ring substituents is 1. The van der Waals surface area contributed by atoms with E-state index < -0.39 is 14.9 Å². The number of thiazole rings is 1. The van der Waals surface area contributed by atoms with E-state index in [1.807, 2.05) is 11.4 Å². The number of nitrogens with zero attached hydrogens (tertiary/aromatic N) is 4. The molecule has 4 rings (SSSR count). The van der Waals surface area contributed by atoms with Crippen LogP contribution >= 0.6 is 11.3 Å². The normalized spacial score (nSPS) is 15.4. The maximum absolute atomic E-state index is 13.1. The third kappa shape index (κ3) is 5.62. The van der Waals surface area contributed by atoms with Crippen LogP contribution in [0.5, 0.6) is 0 Å². The summed E-state index contributed by atoms with van der Waals surface area (Å²) < 4.78 is 27.8. The van der Waals surface area contributed by atoms with Gasteiger partial charge < -0.3 is 0 Å². The van der Waals surface area contributed by atoms with Crippen LogP contribution in [0.1, 0.15) is 31.2 Å².